The number of methoxy groups -OCH3 is 2. The normalized spacial score (nSPS) is 10.1. The summed E-state index contributed by atoms with van der Waals surface area (Å²) in [6, 6.07) is 9.70. The third kappa shape index (κ3) is 8.66. The summed E-state index contributed by atoms with van der Waals surface area (Å²) in [5.74, 6) is 0.582. The van der Waals surface area contributed by atoms with Gasteiger partial charge < -0.3 is 24.4 Å². The van der Waals surface area contributed by atoms with Gasteiger partial charge >= 0.3 is 0 Å². The zero-order valence-electron chi connectivity index (χ0n) is 22.3. The number of carbonyl (C=O) groups is 1. The highest BCUT2D eigenvalue weighted by molar-refractivity contribution is 5.81. The van der Waals surface area contributed by atoms with Crippen molar-refractivity contribution in [2.24, 2.45) is 0 Å². The number of nitro groups is 1. The Balaban J connectivity index is 2.36. The molecule has 0 fully saturated rings. The Kier molecular flexibility index (Phi) is 12.6. The molecule has 0 unspecified atom stereocenters. The van der Waals surface area contributed by atoms with Gasteiger partial charge in [-0.2, -0.15) is 10.5 Å². The van der Waals surface area contributed by atoms with Gasteiger partial charge in [0.1, 0.15) is 17.9 Å². The van der Waals surface area contributed by atoms with Crippen LogP contribution in [0.25, 0.3) is 0 Å². The number of hydrazine groups is 1. The van der Waals surface area contributed by atoms with E-state index in [4.69, 9.17) is 14.2 Å². The van der Waals surface area contributed by atoms with Crippen molar-refractivity contribution < 1.29 is 23.9 Å². The monoisotopic (exact) mass is 539 g/mol. The lowest BCUT2D eigenvalue weighted by Gasteiger charge is -2.28. The van der Waals surface area contributed by atoms with Crippen LogP contribution >= 0.6 is 0 Å². The molecule has 0 aromatic heterocycles. The van der Waals surface area contributed by atoms with Gasteiger partial charge in [-0.05, 0) is 31.7 Å². The molecule has 2 aromatic rings. The van der Waals surface area contributed by atoms with Crippen molar-refractivity contribution in [3.05, 3.63) is 45.5 Å². The van der Waals surface area contributed by atoms with E-state index in [1.165, 1.54) is 0 Å². The van der Waals surface area contributed by atoms with Gasteiger partial charge in [0.15, 0.2) is 0 Å². The molecule has 3 N–H and O–H groups in total. The Morgan fingerprint density at radius 1 is 0.974 bits per heavy atom. The fourth-order valence-electron chi connectivity index (χ4n) is 3.90. The van der Waals surface area contributed by atoms with E-state index in [1.54, 1.807) is 27.3 Å². The van der Waals surface area contributed by atoms with E-state index in [9.17, 15) is 25.4 Å². The Morgan fingerprint density at radius 2 is 1.62 bits per heavy atom. The summed E-state index contributed by atoms with van der Waals surface area (Å²) in [7, 11) is 4.99. The number of hydrogen-bond donors (Lipinski definition) is 3. The maximum absolute atomic E-state index is 11.2. The molecule has 0 radical (unpaired) electrons. The second-order valence-electron chi connectivity index (χ2n) is 8.33. The first-order chi connectivity index (χ1) is 18.9. The fraction of sp³-hybridized carbons (Fsp3) is 0.423. The molecule has 0 heterocycles. The molecule has 2 aromatic carbocycles. The average molecular weight is 540 g/mol. The van der Waals surface area contributed by atoms with Crippen LogP contribution in [-0.4, -0.2) is 59.0 Å². The van der Waals surface area contributed by atoms with Crippen LogP contribution in [-0.2, 0) is 14.3 Å². The standard InChI is InChI=1S/C26H33N7O6/c1-29-22-14-24(32(8-4-6-10-37-2)9-5-7-11-39-18-34)25(38-3)15-23(22)30-31-26-19(16-27)12-21(33(35)36)13-20(26)17-28/h12-15,18,29-31H,4-11H2,1-3H3. The van der Waals surface area contributed by atoms with Crippen molar-refractivity contribution in [1.82, 2.24) is 0 Å². The first-order valence-corrected chi connectivity index (χ1v) is 12.3. The molecule has 0 amide bonds. The third-order valence-corrected chi connectivity index (χ3v) is 5.86. The number of non-ortho nitro benzene ring substituents is 1. The van der Waals surface area contributed by atoms with E-state index in [2.05, 4.69) is 21.1 Å². The number of hydrogen-bond acceptors (Lipinski definition) is 12. The molecule has 0 saturated heterocycles. The lowest BCUT2D eigenvalue weighted by molar-refractivity contribution is -0.384. The Bertz CT molecular complexity index is 1170. The Labute approximate surface area is 227 Å². The highest BCUT2D eigenvalue weighted by Crippen LogP contribution is 2.38. The number of benzene rings is 2. The number of anilines is 4. The molecule has 2 rings (SSSR count). The second-order valence-corrected chi connectivity index (χ2v) is 8.33. The van der Waals surface area contributed by atoms with Crippen LogP contribution in [0.1, 0.15) is 36.8 Å². The van der Waals surface area contributed by atoms with Gasteiger partial charge in [0.2, 0.25) is 0 Å². The number of nitrogens with one attached hydrogen (secondary N) is 3. The predicted octanol–water partition coefficient (Wildman–Crippen LogP) is 4.01. The molecule has 0 aliphatic heterocycles. The van der Waals surface area contributed by atoms with Crippen LogP contribution in [0.4, 0.5) is 28.4 Å². The molecule has 0 aliphatic carbocycles. The van der Waals surface area contributed by atoms with E-state index >= 15 is 0 Å². The van der Waals surface area contributed by atoms with Crippen LogP contribution in [0, 0.1) is 32.8 Å². The van der Waals surface area contributed by atoms with Crippen molar-refractivity contribution >= 4 is 34.9 Å². The van der Waals surface area contributed by atoms with Crippen molar-refractivity contribution in [2.75, 3.05) is 68.6 Å². The zero-order chi connectivity index (χ0) is 28.6. The Hall–Kier alpha value is -4.75. The molecule has 39 heavy (non-hydrogen) atoms. The number of ether oxygens (including phenoxy) is 3. The van der Waals surface area contributed by atoms with Crippen molar-refractivity contribution in [3.63, 3.8) is 0 Å². The molecule has 13 heteroatoms. The predicted molar refractivity (Wildman–Crippen MR) is 147 cm³/mol. The molecule has 13 nitrogen and oxygen atoms in total. The van der Waals surface area contributed by atoms with E-state index in [0.717, 1.165) is 50.0 Å². The first-order valence-electron chi connectivity index (χ1n) is 12.3. The second kappa shape index (κ2) is 16.2. The van der Waals surface area contributed by atoms with Crippen molar-refractivity contribution in [1.29, 1.82) is 10.5 Å². The van der Waals surface area contributed by atoms with Gasteiger partial charge in [0.25, 0.3) is 12.2 Å². The van der Waals surface area contributed by atoms with Crippen molar-refractivity contribution in [3.8, 4) is 17.9 Å². The topological polar surface area (TPSA) is 175 Å². The van der Waals surface area contributed by atoms with E-state index in [-0.39, 0.29) is 22.5 Å². The number of unbranched alkanes of at least 4 members (excludes halogenated alkanes) is 2. The molecule has 0 atom stereocenters. The van der Waals surface area contributed by atoms with E-state index in [1.807, 2.05) is 18.2 Å². The molecular formula is C26H33N7O6. The third-order valence-electron chi connectivity index (χ3n) is 5.86. The summed E-state index contributed by atoms with van der Waals surface area (Å²) >= 11 is 0. The van der Waals surface area contributed by atoms with Gasteiger partial charge in [0, 0.05) is 52.1 Å². The van der Waals surface area contributed by atoms with Gasteiger partial charge in [-0.1, -0.05) is 0 Å². The number of nitro benzene ring substituents is 1. The number of rotatable bonds is 18. The van der Waals surface area contributed by atoms with Gasteiger partial charge in [-0.15, -0.1) is 0 Å². The zero-order valence-corrected chi connectivity index (χ0v) is 22.3. The highest BCUT2D eigenvalue weighted by atomic mass is 16.6. The lowest BCUT2D eigenvalue weighted by atomic mass is 10.1. The highest BCUT2D eigenvalue weighted by Gasteiger charge is 2.19. The largest absolute Gasteiger partial charge is 0.495 e. The number of nitriles is 2. The van der Waals surface area contributed by atoms with Crippen molar-refractivity contribution in [2.45, 2.75) is 25.7 Å². The SMILES string of the molecule is CNc1cc(N(CCCCOC)CCCCOC=O)c(OC)cc1NNc1c(C#N)cc([N+](=O)[O-])cc1C#N. The molecule has 0 aliphatic rings. The summed E-state index contributed by atoms with van der Waals surface area (Å²) in [5, 5.41) is 33.4. The van der Waals surface area contributed by atoms with E-state index < -0.39 is 4.92 Å². The van der Waals surface area contributed by atoms with Crippen LogP contribution < -0.4 is 25.8 Å². The summed E-state index contributed by atoms with van der Waals surface area (Å²) < 4.78 is 15.7. The molecule has 0 bridgehead atoms. The lowest BCUT2D eigenvalue weighted by Crippen LogP contribution is -2.27. The smallest absolute Gasteiger partial charge is 0.293 e. The quantitative estimate of drug-likeness (QED) is 0.108. The molecule has 0 spiro atoms. The molecular weight excluding hydrogens is 506 g/mol. The van der Waals surface area contributed by atoms with Gasteiger partial charge in [-0.25, -0.2) is 0 Å². The summed E-state index contributed by atoms with van der Waals surface area (Å²) in [6.07, 6.45) is 3.30. The minimum Gasteiger partial charge on any atom is -0.495 e. The van der Waals surface area contributed by atoms with Crippen LogP contribution in [0.3, 0.4) is 0 Å². The summed E-state index contributed by atoms with van der Waals surface area (Å²) in [4.78, 5) is 23.2. The fourth-order valence-corrected chi connectivity index (χ4v) is 3.90. The van der Waals surface area contributed by atoms with Crippen LogP contribution in [0.2, 0.25) is 0 Å². The first kappa shape index (κ1) is 30.5. The maximum Gasteiger partial charge on any atom is 0.293 e. The minimum absolute atomic E-state index is 0.0522. The van der Waals surface area contributed by atoms with Gasteiger partial charge in [-0.3, -0.25) is 25.8 Å². The average Bonchev–Trinajstić information content (AvgIpc) is 2.95. The minimum atomic E-state index is -0.655. The maximum atomic E-state index is 11.2. The van der Waals surface area contributed by atoms with Crippen LogP contribution in [0.15, 0.2) is 24.3 Å². The number of nitrogens with zero attached hydrogens (tertiary/aromatic N) is 4. The molecule has 0 saturated carbocycles. The summed E-state index contributed by atoms with van der Waals surface area (Å²) in [5.41, 5.74) is 7.63. The molecule has 208 valence electrons. The van der Waals surface area contributed by atoms with E-state index in [0.29, 0.717) is 43.4 Å². The Morgan fingerprint density at radius 3 is 2.13 bits per heavy atom. The van der Waals surface area contributed by atoms with Gasteiger partial charge in [0.05, 0.1) is 52.5 Å². The van der Waals surface area contributed by atoms with Crippen LogP contribution in [0.5, 0.6) is 5.75 Å². The summed E-state index contributed by atoms with van der Waals surface area (Å²) in [6.45, 7) is 2.92. The number of carbonyl (C=O) groups excluding carboxylic acids is 1.